The molecule has 8 heteroatoms. The number of hydrogen-bond acceptors (Lipinski definition) is 5. The van der Waals surface area contributed by atoms with E-state index < -0.39 is 9.84 Å². The van der Waals surface area contributed by atoms with Gasteiger partial charge in [-0.25, -0.2) is 13.4 Å². The Morgan fingerprint density at radius 1 is 1.37 bits per heavy atom. The van der Waals surface area contributed by atoms with E-state index in [1.54, 1.807) is 5.38 Å². The van der Waals surface area contributed by atoms with Crippen LogP contribution in [0.2, 0.25) is 0 Å². The number of para-hydroxylation sites is 1. The van der Waals surface area contributed by atoms with Crippen LogP contribution in [0.5, 0.6) is 0 Å². The Bertz CT molecular complexity index is 1100. The molecule has 3 aromatic rings. The number of nitrogens with one attached hydrogen (secondary N) is 1. The topological polar surface area (TPSA) is 81.1 Å². The third-order valence-corrected chi connectivity index (χ3v) is 7.41. The maximum absolute atomic E-state index is 12.5. The lowest BCUT2D eigenvalue weighted by atomic mass is 10.2. The minimum atomic E-state index is -3.02. The molecule has 2 aromatic heterocycles. The number of aryl methyl sites for hydroxylation is 1. The van der Waals surface area contributed by atoms with E-state index in [4.69, 9.17) is 0 Å². The van der Waals surface area contributed by atoms with E-state index in [0.717, 1.165) is 34.6 Å². The molecule has 1 fully saturated rings. The Morgan fingerprint density at radius 2 is 2.19 bits per heavy atom. The van der Waals surface area contributed by atoms with Crippen molar-refractivity contribution in [2.24, 2.45) is 0 Å². The third-order valence-electron chi connectivity index (χ3n) is 4.78. The summed E-state index contributed by atoms with van der Waals surface area (Å²) in [5, 5.41) is 6.49. The van der Waals surface area contributed by atoms with Crippen LogP contribution >= 0.6 is 11.3 Å². The van der Waals surface area contributed by atoms with Crippen LogP contribution in [0.25, 0.3) is 21.6 Å². The van der Waals surface area contributed by atoms with Crippen molar-refractivity contribution in [2.75, 3.05) is 11.5 Å². The number of thiazole rings is 1. The number of benzene rings is 1. The molecule has 27 heavy (non-hydrogen) atoms. The summed E-state index contributed by atoms with van der Waals surface area (Å²) in [6.45, 7) is 3.01. The zero-order chi connectivity index (χ0) is 19.0. The van der Waals surface area contributed by atoms with Gasteiger partial charge >= 0.3 is 0 Å². The molecule has 6 nitrogen and oxygen atoms in total. The van der Waals surface area contributed by atoms with E-state index in [-0.39, 0.29) is 23.5 Å². The molecule has 1 aromatic carbocycles. The molecule has 0 saturated carbocycles. The van der Waals surface area contributed by atoms with Gasteiger partial charge in [0.15, 0.2) is 9.84 Å². The summed E-state index contributed by atoms with van der Waals surface area (Å²) >= 11 is 1.43. The Labute approximate surface area is 162 Å². The maximum atomic E-state index is 12.5. The molecule has 0 bridgehead atoms. The molecule has 1 amide bonds. The minimum Gasteiger partial charge on any atom is -0.347 e. The van der Waals surface area contributed by atoms with Crippen molar-refractivity contribution in [3.05, 3.63) is 41.4 Å². The minimum absolute atomic E-state index is 0.0144. The summed E-state index contributed by atoms with van der Waals surface area (Å²) in [4.78, 5) is 17.0. The number of aromatic nitrogens is 2. The van der Waals surface area contributed by atoms with Crippen molar-refractivity contribution in [3.8, 4) is 10.7 Å². The van der Waals surface area contributed by atoms with Gasteiger partial charge in [-0.2, -0.15) is 0 Å². The molecular weight excluding hydrogens is 382 g/mol. The Hall–Kier alpha value is -2.19. The first-order chi connectivity index (χ1) is 13.0. The molecule has 1 saturated heterocycles. The van der Waals surface area contributed by atoms with Crippen molar-refractivity contribution in [2.45, 2.75) is 32.4 Å². The molecule has 1 aliphatic rings. The fourth-order valence-corrected chi connectivity index (χ4v) is 6.01. The molecule has 142 valence electrons. The van der Waals surface area contributed by atoms with E-state index >= 15 is 0 Å². The lowest BCUT2D eigenvalue weighted by Gasteiger charge is -2.09. The van der Waals surface area contributed by atoms with E-state index in [9.17, 15) is 13.2 Å². The van der Waals surface area contributed by atoms with Crippen molar-refractivity contribution >= 4 is 38.0 Å². The van der Waals surface area contributed by atoms with Gasteiger partial charge in [0.25, 0.3) is 5.91 Å². The normalized spacial score (nSPS) is 18.8. The molecular formula is C19H21N3O3S2. The number of hydrogen-bond donors (Lipinski definition) is 1. The van der Waals surface area contributed by atoms with Crippen molar-refractivity contribution in [1.82, 2.24) is 14.9 Å². The van der Waals surface area contributed by atoms with Crippen molar-refractivity contribution in [3.63, 3.8) is 0 Å². The zero-order valence-electron chi connectivity index (χ0n) is 15.0. The fourth-order valence-electron chi connectivity index (χ4n) is 3.52. The first-order valence-electron chi connectivity index (χ1n) is 9.02. The molecule has 3 heterocycles. The van der Waals surface area contributed by atoms with Gasteiger partial charge in [0, 0.05) is 28.9 Å². The maximum Gasteiger partial charge on any atom is 0.271 e. The summed E-state index contributed by atoms with van der Waals surface area (Å²) in [6, 6.07) is 9.99. The molecule has 1 N–H and O–H groups in total. The molecule has 0 aliphatic carbocycles. The highest BCUT2D eigenvalue weighted by Crippen LogP contribution is 2.31. The Morgan fingerprint density at radius 3 is 2.93 bits per heavy atom. The average molecular weight is 404 g/mol. The number of sulfone groups is 1. The quantitative estimate of drug-likeness (QED) is 0.710. The van der Waals surface area contributed by atoms with Crippen LogP contribution in [0.1, 0.15) is 30.3 Å². The number of carbonyl (C=O) groups is 1. The lowest BCUT2D eigenvalue weighted by molar-refractivity contribution is 0.0937. The van der Waals surface area contributed by atoms with Gasteiger partial charge in [0.05, 0.1) is 17.2 Å². The predicted molar refractivity (Wildman–Crippen MR) is 108 cm³/mol. The predicted octanol–water partition coefficient (Wildman–Crippen LogP) is 3.09. The molecule has 0 spiro atoms. The van der Waals surface area contributed by atoms with Gasteiger partial charge in [-0.05, 0) is 25.0 Å². The molecule has 1 atom stereocenters. The number of amides is 1. The summed E-state index contributed by atoms with van der Waals surface area (Å²) in [5.74, 6) is -0.157. The number of rotatable bonds is 5. The number of carbonyl (C=O) groups excluding carboxylic acids is 1. The van der Waals surface area contributed by atoms with Crippen LogP contribution in [0.3, 0.4) is 0 Å². The van der Waals surface area contributed by atoms with Crippen LogP contribution in [0.15, 0.2) is 35.7 Å². The number of nitrogens with zero attached hydrogens (tertiary/aromatic N) is 2. The zero-order valence-corrected chi connectivity index (χ0v) is 16.6. The highest BCUT2D eigenvalue weighted by atomic mass is 32.2. The highest BCUT2D eigenvalue weighted by Gasteiger charge is 2.29. The van der Waals surface area contributed by atoms with Crippen molar-refractivity contribution in [1.29, 1.82) is 0 Å². The van der Waals surface area contributed by atoms with Gasteiger partial charge in [0.1, 0.15) is 10.7 Å². The van der Waals surface area contributed by atoms with Crippen molar-refractivity contribution < 1.29 is 13.2 Å². The van der Waals surface area contributed by atoms with Gasteiger partial charge in [-0.15, -0.1) is 11.3 Å². The summed E-state index contributed by atoms with van der Waals surface area (Å²) < 4.78 is 25.4. The first kappa shape index (κ1) is 18.2. The first-order valence-corrected chi connectivity index (χ1v) is 11.7. The van der Waals surface area contributed by atoms with Crippen LogP contribution in [-0.2, 0) is 16.4 Å². The van der Waals surface area contributed by atoms with Gasteiger partial charge < -0.3 is 9.88 Å². The Kier molecular flexibility index (Phi) is 4.77. The summed E-state index contributed by atoms with van der Waals surface area (Å²) in [7, 11) is -3.02. The second-order valence-electron chi connectivity index (χ2n) is 6.85. The van der Waals surface area contributed by atoms with Crippen LogP contribution < -0.4 is 5.32 Å². The lowest BCUT2D eigenvalue weighted by Crippen LogP contribution is -2.35. The van der Waals surface area contributed by atoms with Gasteiger partial charge in [-0.3, -0.25) is 4.79 Å². The number of fused-ring (bicyclic) bond motifs is 1. The SMILES string of the molecule is CCCn1c(-c2nc(C(=O)NC3CCS(=O)(=O)C3)cs2)cc2ccccc21. The van der Waals surface area contributed by atoms with E-state index in [2.05, 4.69) is 40.0 Å². The van der Waals surface area contributed by atoms with E-state index in [1.807, 2.05) is 12.1 Å². The monoisotopic (exact) mass is 403 g/mol. The highest BCUT2D eigenvalue weighted by molar-refractivity contribution is 7.91. The summed E-state index contributed by atoms with van der Waals surface area (Å²) in [5.41, 5.74) is 2.50. The van der Waals surface area contributed by atoms with Crippen LogP contribution in [0, 0.1) is 0 Å². The van der Waals surface area contributed by atoms with Crippen LogP contribution in [-0.4, -0.2) is 41.4 Å². The fraction of sp³-hybridized carbons (Fsp3) is 0.368. The third kappa shape index (κ3) is 3.64. The average Bonchev–Trinajstić information content (AvgIpc) is 3.33. The summed E-state index contributed by atoms with van der Waals surface area (Å²) in [6.07, 6.45) is 1.47. The van der Waals surface area contributed by atoms with E-state index in [0.29, 0.717) is 12.1 Å². The largest absolute Gasteiger partial charge is 0.347 e. The Balaban J connectivity index is 1.60. The molecule has 4 rings (SSSR count). The molecule has 1 aliphatic heterocycles. The van der Waals surface area contributed by atoms with E-state index in [1.165, 1.54) is 11.3 Å². The molecule has 1 unspecified atom stereocenters. The molecule has 0 radical (unpaired) electrons. The van der Waals surface area contributed by atoms with Crippen LogP contribution in [0.4, 0.5) is 0 Å². The smallest absolute Gasteiger partial charge is 0.271 e. The van der Waals surface area contributed by atoms with Gasteiger partial charge in [-0.1, -0.05) is 25.1 Å². The second-order valence-corrected chi connectivity index (χ2v) is 9.94. The van der Waals surface area contributed by atoms with Gasteiger partial charge in [0.2, 0.25) is 0 Å². The standard InChI is InChI=1S/C19H21N3O3S2/c1-2-8-22-16-6-4-3-5-13(16)10-17(22)19-21-15(11-26-19)18(23)20-14-7-9-27(24,25)12-14/h3-6,10-11,14H,2,7-9,12H2,1H3,(H,20,23). The second kappa shape index (κ2) is 7.09.